The Balaban J connectivity index is 2.05. The molecule has 1 amide bonds. The molecule has 6 heteroatoms. The highest BCUT2D eigenvalue weighted by Gasteiger charge is 2.24. The second kappa shape index (κ2) is 8.37. The normalized spacial score (nSPS) is 18.4. The molecule has 1 fully saturated rings. The van der Waals surface area contributed by atoms with E-state index in [-0.39, 0.29) is 18.6 Å². The summed E-state index contributed by atoms with van der Waals surface area (Å²) in [5.74, 6) is 1.06. The van der Waals surface area contributed by atoms with Crippen LogP contribution in [0.4, 0.5) is 0 Å². The lowest BCUT2D eigenvalue weighted by Gasteiger charge is -2.37. The van der Waals surface area contributed by atoms with Crippen LogP contribution in [0.1, 0.15) is 12.5 Å². The van der Waals surface area contributed by atoms with Gasteiger partial charge in [0.2, 0.25) is 5.91 Å². The van der Waals surface area contributed by atoms with Crippen molar-refractivity contribution < 1.29 is 14.3 Å². The number of hydrogen-bond acceptors (Lipinski definition) is 5. The zero-order valence-electron chi connectivity index (χ0n) is 14.4. The first-order valence-electron chi connectivity index (χ1n) is 7.90. The Morgan fingerprint density at radius 3 is 2.88 bits per heavy atom. The number of nitriles is 1. The number of ether oxygens (including phenoxy) is 2. The lowest BCUT2D eigenvalue weighted by molar-refractivity contribution is -0.130. The Hall–Kier alpha value is -2.52. The minimum atomic E-state index is -0.0364. The Kier molecular flexibility index (Phi) is 6.21. The molecule has 1 aromatic carbocycles. The van der Waals surface area contributed by atoms with Crippen LogP contribution in [0.25, 0.3) is 6.08 Å². The largest absolute Gasteiger partial charge is 0.493 e. The van der Waals surface area contributed by atoms with Gasteiger partial charge in [-0.25, -0.2) is 0 Å². The molecule has 1 aromatic rings. The highest BCUT2D eigenvalue weighted by molar-refractivity contribution is 5.92. The molecular weight excluding hydrogens is 306 g/mol. The summed E-state index contributed by atoms with van der Waals surface area (Å²) >= 11 is 0. The van der Waals surface area contributed by atoms with Crippen molar-refractivity contribution in [2.75, 3.05) is 40.4 Å². The Labute approximate surface area is 142 Å². The molecule has 0 bridgehead atoms. The van der Waals surface area contributed by atoms with Crippen LogP contribution in [0.5, 0.6) is 11.5 Å². The zero-order chi connectivity index (χ0) is 17.5. The van der Waals surface area contributed by atoms with Crippen molar-refractivity contribution >= 4 is 12.0 Å². The number of amides is 1. The maximum Gasteiger partial charge on any atom is 0.246 e. The van der Waals surface area contributed by atoms with Crippen molar-refractivity contribution in [2.45, 2.75) is 13.0 Å². The molecule has 0 spiro atoms. The summed E-state index contributed by atoms with van der Waals surface area (Å²) in [5.41, 5.74) is 0.839. The maximum atomic E-state index is 12.4. The molecule has 1 aliphatic heterocycles. The number of methoxy groups -OCH3 is 1. The number of likely N-dealkylation sites (N-methyl/N-ethyl adjacent to an activating group) is 1. The molecule has 24 heavy (non-hydrogen) atoms. The van der Waals surface area contributed by atoms with E-state index in [9.17, 15) is 4.79 Å². The number of benzene rings is 1. The first-order valence-corrected chi connectivity index (χ1v) is 7.90. The van der Waals surface area contributed by atoms with E-state index in [1.807, 2.05) is 17.0 Å². The molecule has 0 saturated carbocycles. The first-order chi connectivity index (χ1) is 11.5. The molecule has 0 radical (unpaired) electrons. The maximum absolute atomic E-state index is 12.4. The summed E-state index contributed by atoms with van der Waals surface area (Å²) in [6, 6.07) is 7.47. The number of piperazine rings is 1. The average Bonchev–Trinajstić information content (AvgIpc) is 2.58. The molecule has 1 unspecified atom stereocenters. The van der Waals surface area contributed by atoms with E-state index >= 15 is 0 Å². The van der Waals surface area contributed by atoms with Gasteiger partial charge in [0.15, 0.2) is 18.1 Å². The van der Waals surface area contributed by atoms with Gasteiger partial charge in [0.05, 0.1) is 7.11 Å². The van der Waals surface area contributed by atoms with Crippen molar-refractivity contribution in [3.05, 3.63) is 29.8 Å². The van der Waals surface area contributed by atoms with Crippen molar-refractivity contribution in [1.82, 2.24) is 9.80 Å². The van der Waals surface area contributed by atoms with Crippen molar-refractivity contribution in [3.63, 3.8) is 0 Å². The van der Waals surface area contributed by atoms with Crippen LogP contribution >= 0.6 is 0 Å². The molecule has 1 heterocycles. The third kappa shape index (κ3) is 4.49. The number of hydrogen-bond donors (Lipinski definition) is 0. The van der Waals surface area contributed by atoms with Crippen LogP contribution in [0.2, 0.25) is 0 Å². The van der Waals surface area contributed by atoms with E-state index < -0.39 is 0 Å². The topological polar surface area (TPSA) is 65.8 Å². The first kappa shape index (κ1) is 17.8. The highest BCUT2D eigenvalue weighted by atomic mass is 16.5. The fourth-order valence-electron chi connectivity index (χ4n) is 2.75. The van der Waals surface area contributed by atoms with Crippen LogP contribution in [-0.2, 0) is 4.79 Å². The third-order valence-corrected chi connectivity index (χ3v) is 4.01. The second-order valence-electron chi connectivity index (χ2n) is 5.83. The summed E-state index contributed by atoms with van der Waals surface area (Å²) < 4.78 is 10.6. The Morgan fingerprint density at radius 2 is 2.21 bits per heavy atom. The van der Waals surface area contributed by atoms with Gasteiger partial charge in [0, 0.05) is 31.8 Å². The summed E-state index contributed by atoms with van der Waals surface area (Å²) in [5, 5.41) is 8.58. The lowest BCUT2D eigenvalue weighted by atomic mass is 10.1. The van der Waals surface area contributed by atoms with Crippen LogP contribution < -0.4 is 9.47 Å². The molecule has 6 nitrogen and oxygen atoms in total. The van der Waals surface area contributed by atoms with E-state index in [2.05, 4.69) is 18.9 Å². The molecule has 0 aromatic heterocycles. The van der Waals surface area contributed by atoms with Crippen LogP contribution in [-0.4, -0.2) is 62.1 Å². The molecule has 0 aliphatic carbocycles. The smallest absolute Gasteiger partial charge is 0.246 e. The van der Waals surface area contributed by atoms with Gasteiger partial charge < -0.3 is 19.3 Å². The van der Waals surface area contributed by atoms with Gasteiger partial charge in [-0.2, -0.15) is 5.26 Å². The van der Waals surface area contributed by atoms with Gasteiger partial charge in [0.25, 0.3) is 0 Å². The number of carbonyl (C=O) groups is 1. The predicted molar refractivity (Wildman–Crippen MR) is 91.8 cm³/mol. The van der Waals surface area contributed by atoms with Crippen LogP contribution in [0.15, 0.2) is 24.3 Å². The third-order valence-electron chi connectivity index (χ3n) is 4.01. The Morgan fingerprint density at radius 1 is 1.42 bits per heavy atom. The average molecular weight is 329 g/mol. The van der Waals surface area contributed by atoms with Crippen molar-refractivity contribution in [3.8, 4) is 17.6 Å². The molecule has 1 aliphatic rings. The van der Waals surface area contributed by atoms with E-state index in [0.717, 1.165) is 25.2 Å². The van der Waals surface area contributed by atoms with E-state index in [1.54, 1.807) is 31.4 Å². The minimum absolute atomic E-state index is 0.0133. The van der Waals surface area contributed by atoms with Crippen LogP contribution in [0, 0.1) is 11.3 Å². The summed E-state index contributed by atoms with van der Waals surface area (Å²) in [4.78, 5) is 16.5. The van der Waals surface area contributed by atoms with Gasteiger partial charge in [-0.3, -0.25) is 4.79 Å². The molecule has 2 rings (SSSR count). The lowest BCUT2D eigenvalue weighted by Crippen LogP contribution is -2.52. The molecule has 128 valence electrons. The van der Waals surface area contributed by atoms with Crippen LogP contribution in [0.3, 0.4) is 0 Å². The molecule has 1 saturated heterocycles. The zero-order valence-corrected chi connectivity index (χ0v) is 14.4. The summed E-state index contributed by atoms with van der Waals surface area (Å²) in [6.07, 6.45) is 3.36. The Bertz CT molecular complexity index is 651. The van der Waals surface area contributed by atoms with Gasteiger partial charge in [-0.05, 0) is 37.7 Å². The summed E-state index contributed by atoms with van der Waals surface area (Å²) in [6.45, 7) is 4.54. The fraction of sp³-hybridized carbons (Fsp3) is 0.444. The van der Waals surface area contributed by atoms with E-state index in [1.165, 1.54) is 0 Å². The highest BCUT2D eigenvalue weighted by Crippen LogP contribution is 2.28. The van der Waals surface area contributed by atoms with E-state index in [4.69, 9.17) is 14.7 Å². The fourth-order valence-corrected chi connectivity index (χ4v) is 2.75. The molecule has 1 atom stereocenters. The van der Waals surface area contributed by atoms with Gasteiger partial charge in [-0.15, -0.1) is 0 Å². The van der Waals surface area contributed by atoms with Gasteiger partial charge in [-0.1, -0.05) is 6.07 Å². The minimum Gasteiger partial charge on any atom is -0.493 e. The number of nitrogens with zero attached hydrogens (tertiary/aromatic N) is 3. The predicted octanol–water partition coefficient (Wildman–Crippen LogP) is 1.77. The number of carbonyl (C=O) groups excluding carboxylic acids is 1. The quantitative estimate of drug-likeness (QED) is 0.770. The number of rotatable bonds is 5. The second-order valence-corrected chi connectivity index (χ2v) is 5.83. The van der Waals surface area contributed by atoms with Crippen molar-refractivity contribution in [2.24, 2.45) is 0 Å². The summed E-state index contributed by atoms with van der Waals surface area (Å²) in [7, 11) is 3.61. The standard InChI is InChI=1S/C18H23N3O3/c1-14-13-20(2)9-10-21(14)18(22)7-5-15-4-6-16(24-11-8-19)17(12-15)23-3/h4-7,12,14H,9-11,13H2,1-3H3. The molecular formula is C18H23N3O3. The molecule has 0 N–H and O–H groups in total. The van der Waals surface area contributed by atoms with Crippen molar-refractivity contribution in [1.29, 1.82) is 5.26 Å². The van der Waals surface area contributed by atoms with E-state index in [0.29, 0.717) is 11.5 Å². The van der Waals surface area contributed by atoms with Gasteiger partial charge in [0.1, 0.15) is 6.07 Å². The van der Waals surface area contributed by atoms with Gasteiger partial charge >= 0.3 is 0 Å². The SMILES string of the molecule is COc1cc(C=CC(=O)N2CCN(C)CC2C)ccc1OCC#N. The monoisotopic (exact) mass is 329 g/mol.